The van der Waals surface area contributed by atoms with E-state index in [0.29, 0.717) is 34.4 Å². The quantitative estimate of drug-likeness (QED) is 0.462. The van der Waals surface area contributed by atoms with Gasteiger partial charge >= 0.3 is 0 Å². The summed E-state index contributed by atoms with van der Waals surface area (Å²) < 4.78 is 2.19. The minimum Gasteiger partial charge on any atom is -0.392 e. The second kappa shape index (κ2) is 7.72. The number of hydrogen-bond acceptors (Lipinski definition) is 3. The number of pyridine rings is 1. The van der Waals surface area contributed by atoms with Gasteiger partial charge in [-0.05, 0) is 37.0 Å². The molecule has 144 valence electrons. The molecule has 1 aliphatic carbocycles. The molecule has 1 aliphatic rings. The molecule has 6 heteroatoms. The molecule has 2 heterocycles. The third-order valence-electron chi connectivity index (χ3n) is 5.40. The van der Waals surface area contributed by atoms with Crippen LogP contribution in [0.25, 0.3) is 16.0 Å². The Bertz CT molecular complexity index is 1160. The van der Waals surface area contributed by atoms with Crippen LogP contribution in [-0.2, 0) is 13.2 Å². The Hall–Kier alpha value is -3.12. The average molecular weight is 403 g/mol. The smallest absolute Gasteiger partial charge is 0.187 e. The molecule has 0 radical (unpaired) electrons. The molecule has 1 saturated carbocycles. The van der Waals surface area contributed by atoms with Crippen molar-refractivity contribution in [2.75, 3.05) is 0 Å². The minimum absolute atomic E-state index is 0.165. The van der Waals surface area contributed by atoms with Gasteiger partial charge in [-0.25, -0.2) is 9.83 Å². The molecule has 1 fully saturated rings. The number of aromatic nitrogens is 2. The Morgan fingerprint density at radius 2 is 2.07 bits per heavy atom. The predicted octanol–water partition coefficient (Wildman–Crippen LogP) is 5.35. The lowest BCUT2D eigenvalue weighted by atomic mass is 10.00. The molecule has 0 spiro atoms. The van der Waals surface area contributed by atoms with Gasteiger partial charge < -0.3 is 9.67 Å². The van der Waals surface area contributed by atoms with Gasteiger partial charge in [-0.2, -0.15) is 5.26 Å². The Balaban J connectivity index is 1.85. The summed E-state index contributed by atoms with van der Waals surface area (Å²) in [7, 11) is 0. The second-order valence-electron chi connectivity index (χ2n) is 7.30. The maximum Gasteiger partial charge on any atom is 0.187 e. The molecule has 0 saturated heterocycles. The number of halogens is 1. The van der Waals surface area contributed by atoms with Crippen molar-refractivity contribution in [3.63, 3.8) is 0 Å². The standard InChI is InChI=1S/C23H19ClN4O/c1-14-21(16-5-7-19(26-2)8-6-16)20(10-25)22(17-3-4-17)28(14)12-15-9-18(13-29)23(24)27-11-15/h5-9,11,17,29H,3-4,12-13H2,1H3. The first-order valence-electron chi connectivity index (χ1n) is 9.42. The molecule has 29 heavy (non-hydrogen) atoms. The first kappa shape index (κ1) is 19.2. The fourth-order valence-corrected chi connectivity index (χ4v) is 4.00. The maximum absolute atomic E-state index is 9.99. The van der Waals surface area contributed by atoms with Gasteiger partial charge in [0.2, 0.25) is 0 Å². The molecule has 2 aromatic heterocycles. The lowest BCUT2D eigenvalue weighted by molar-refractivity contribution is 0.281. The molecule has 0 aliphatic heterocycles. The zero-order chi connectivity index (χ0) is 20.5. The van der Waals surface area contributed by atoms with E-state index in [1.54, 1.807) is 18.3 Å². The van der Waals surface area contributed by atoms with Crippen LogP contribution in [0.15, 0.2) is 36.5 Å². The second-order valence-corrected chi connectivity index (χ2v) is 7.66. The monoisotopic (exact) mass is 402 g/mol. The molecule has 5 nitrogen and oxygen atoms in total. The summed E-state index contributed by atoms with van der Waals surface area (Å²) in [6.45, 7) is 9.57. The molecule has 1 N–H and O–H groups in total. The van der Waals surface area contributed by atoms with Crippen molar-refractivity contribution >= 4 is 17.3 Å². The molecule has 1 aromatic carbocycles. The Kier molecular flexibility index (Phi) is 5.11. The summed E-state index contributed by atoms with van der Waals surface area (Å²) in [5, 5.41) is 19.8. The Labute approximate surface area is 174 Å². The third kappa shape index (κ3) is 3.51. The topological polar surface area (TPSA) is 66.2 Å². The Morgan fingerprint density at radius 3 is 2.66 bits per heavy atom. The van der Waals surface area contributed by atoms with Crippen molar-refractivity contribution in [1.82, 2.24) is 9.55 Å². The predicted molar refractivity (Wildman–Crippen MR) is 112 cm³/mol. The van der Waals surface area contributed by atoms with Crippen LogP contribution in [0.4, 0.5) is 5.69 Å². The van der Waals surface area contributed by atoms with Gasteiger partial charge in [0.15, 0.2) is 5.69 Å². The molecular formula is C23H19ClN4O. The highest BCUT2D eigenvalue weighted by Gasteiger charge is 2.33. The number of nitriles is 1. The van der Waals surface area contributed by atoms with Crippen LogP contribution in [0, 0.1) is 24.8 Å². The van der Waals surface area contributed by atoms with Crippen LogP contribution in [-0.4, -0.2) is 14.7 Å². The van der Waals surface area contributed by atoms with E-state index in [-0.39, 0.29) is 6.61 Å². The summed E-state index contributed by atoms with van der Waals surface area (Å²) in [5.74, 6) is 0.386. The highest BCUT2D eigenvalue weighted by atomic mass is 35.5. The maximum atomic E-state index is 9.99. The average Bonchev–Trinajstić information content (AvgIpc) is 3.54. The highest BCUT2D eigenvalue weighted by Crippen LogP contribution is 2.46. The van der Waals surface area contributed by atoms with Crippen LogP contribution in [0.1, 0.15) is 46.8 Å². The van der Waals surface area contributed by atoms with E-state index < -0.39 is 0 Å². The molecule has 0 bridgehead atoms. The Morgan fingerprint density at radius 1 is 1.34 bits per heavy atom. The number of nitrogens with zero attached hydrogens (tertiary/aromatic N) is 4. The SMILES string of the molecule is [C-]#[N+]c1ccc(-c2c(C#N)c(C3CC3)n(Cc3cnc(Cl)c(CO)c3)c2C)cc1. The molecule has 0 unspecified atom stereocenters. The fraction of sp³-hybridized carbons (Fsp3) is 0.261. The summed E-state index contributed by atoms with van der Waals surface area (Å²) in [5.41, 5.74) is 6.76. The fourth-order valence-electron chi connectivity index (χ4n) is 3.84. The lowest BCUT2D eigenvalue weighted by Crippen LogP contribution is -2.07. The van der Waals surface area contributed by atoms with Crippen molar-refractivity contribution in [2.24, 2.45) is 0 Å². The van der Waals surface area contributed by atoms with E-state index in [1.165, 1.54) is 0 Å². The summed E-state index contributed by atoms with van der Waals surface area (Å²) in [6.07, 6.45) is 3.87. The van der Waals surface area contributed by atoms with Crippen LogP contribution in [0.3, 0.4) is 0 Å². The van der Waals surface area contributed by atoms with Crippen molar-refractivity contribution in [3.05, 3.63) is 81.2 Å². The highest BCUT2D eigenvalue weighted by molar-refractivity contribution is 6.30. The first-order valence-corrected chi connectivity index (χ1v) is 9.80. The van der Waals surface area contributed by atoms with E-state index in [4.69, 9.17) is 18.2 Å². The van der Waals surface area contributed by atoms with Crippen molar-refractivity contribution in [3.8, 4) is 17.2 Å². The number of hydrogen-bond donors (Lipinski definition) is 1. The van der Waals surface area contributed by atoms with E-state index in [2.05, 4.69) is 20.5 Å². The first-order chi connectivity index (χ1) is 14.1. The van der Waals surface area contributed by atoms with Crippen LogP contribution >= 0.6 is 11.6 Å². The van der Waals surface area contributed by atoms with Crippen LogP contribution < -0.4 is 0 Å². The normalized spacial score (nSPS) is 13.1. The zero-order valence-corrected chi connectivity index (χ0v) is 16.7. The third-order valence-corrected chi connectivity index (χ3v) is 5.74. The molecule has 4 rings (SSSR count). The van der Waals surface area contributed by atoms with Gasteiger partial charge in [0.25, 0.3) is 0 Å². The number of aliphatic hydroxyl groups is 1. The van der Waals surface area contributed by atoms with Crippen molar-refractivity contribution in [1.29, 1.82) is 5.26 Å². The summed E-state index contributed by atoms with van der Waals surface area (Å²) >= 11 is 6.04. The van der Waals surface area contributed by atoms with Crippen LogP contribution in [0.5, 0.6) is 0 Å². The van der Waals surface area contributed by atoms with Gasteiger partial charge in [0, 0.05) is 41.2 Å². The van der Waals surface area contributed by atoms with Gasteiger partial charge in [-0.15, -0.1) is 0 Å². The van der Waals surface area contributed by atoms with Gasteiger partial charge in [-0.3, -0.25) is 0 Å². The molecular weight excluding hydrogens is 384 g/mol. The van der Waals surface area contributed by atoms with Crippen molar-refractivity contribution < 1.29 is 5.11 Å². The molecule has 0 atom stereocenters. The number of benzene rings is 1. The van der Waals surface area contributed by atoms with Gasteiger partial charge in [-0.1, -0.05) is 35.9 Å². The van der Waals surface area contributed by atoms with Crippen LogP contribution in [0.2, 0.25) is 5.15 Å². The summed E-state index contributed by atoms with van der Waals surface area (Å²) in [6, 6.07) is 11.7. The van der Waals surface area contributed by atoms with E-state index in [9.17, 15) is 10.4 Å². The summed E-state index contributed by atoms with van der Waals surface area (Å²) in [4.78, 5) is 7.64. The number of rotatable bonds is 5. The molecule has 3 aromatic rings. The largest absolute Gasteiger partial charge is 0.392 e. The van der Waals surface area contributed by atoms with E-state index >= 15 is 0 Å². The lowest BCUT2D eigenvalue weighted by Gasteiger charge is -2.13. The van der Waals surface area contributed by atoms with Crippen molar-refractivity contribution in [2.45, 2.75) is 38.8 Å². The van der Waals surface area contributed by atoms with E-state index in [1.807, 2.05) is 25.1 Å². The van der Waals surface area contributed by atoms with Gasteiger partial charge in [0.05, 0.1) is 18.7 Å². The molecule has 0 amide bonds. The van der Waals surface area contributed by atoms with E-state index in [0.717, 1.165) is 40.9 Å². The zero-order valence-electron chi connectivity index (χ0n) is 16.0. The minimum atomic E-state index is -0.165. The number of aliphatic hydroxyl groups excluding tert-OH is 1. The van der Waals surface area contributed by atoms with Gasteiger partial charge in [0.1, 0.15) is 11.2 Å².